The van der Waals surface area contributed by atoms with Crippen molar-refractivity contribution in [3.05, 3.63) is 95.0 Å². The Bertz CT molecular complexity index is 1380. The summed E-state index contributed by atoms with van der Waals surface area (Å²) in [4.78, 5) is 21.2. The van der Waals surface area contributed by atoms with Crippen LogP contribution in [0.1, 0.15) is 29.9 Å². The van der Waals surface area contributed by atoms with Crippen molar-refractivity contribution >= 4 is 28.9 Å². The minimum Gasteiger partial charge on any atom is -0.404 e. The van der Waals surface area contributed by atoms with Crippen LogP contribution in [0.4, 0.5) is 5.82 Å². The number of nitrogens with zero attached hydrogens (tertiary/aromatic N) is 4. The largest absolute Gasteiger partial charge is 0.404 e. The van der Waals surface area contributed by atoms with Crippen LogP contribution in [0, 0.1) is 6.92 Å². The smallest absolute Gasteiger partial charge is 0.254 e. The third kappa shape index (κ3) is 5.33. The zero-order valence-corrected chi connectivity index (χ0v) is 20.4. The number of nitrogens with two attached hydrogens (primary N) is 1. The van der Waals surface area contributed by atoms with E-state index in [0.717, 1.165) is 22.5 Å². The van der Waals surface area contributed by atoms with Gasteiger partial charge in [-0.2, -0.15) is 0 Å². The fourth-order valence-corrected chi connectivity index (χ4v) is 3.81. The topological polar surface area (TPSA) is 111 Å². The van der Waals surface area contributed by atoms with Gasteiger partial charge in [0.15, 0.2) is 5.82 Å². The highest BCUT2D eigenvalue weighted by Gasteiger charge is 2.18. The molecule has 35 heavy (non-hydrogen) atoms. The van der Waals surface area contributed by atoms with Gasteiger partial charge in [-0.05, 0) is 55.8 Å². The normalized spacial score (nSPS) is 12.3. The number of halogens is 1. The molecule has 0 radical (unpaired) electrons. The molecule has 8 nitrogen and oxygen atoms in total. The van der Waals surface area contributed by atoms with Crippen LogP contribution in [0.25, 0.3) is 22.6 Å². The van der Waals surface area contributed by atoms with Gasteiger partial charge in [0.05, 0.1) is 23.0 Å². The Morgan fingerprint density at radius 1 is 1.14 bits per heavy atom. The Morgan fingerprint density at radius 2 is 1.91 bits per heavy atom. The summed E-state index contributed by atoms with van der Waals surface area (Å²) in [6, 6.07) is 19.1. The van der Waals surface area contributed by atoms with Gasteiger partial charge < -0.3 is 16.4 Å². The number of rotatable bonds is 7. The molecule has 0 saturated heterocycles. The molecule has 1 aromatic carbocycles. The highest BCUT2D eigenvalue weighted by molar-refractivity contribution is 6.30. The number of hydrogen-bond donors (Lipinski definition) is 3. The van der Waals surface area contributed by atoms with E-state index >= 15 is 0 Å². The monoisotopic (exact) mass is 487 g/mol. The summed E-state index contributed by atoms with van der Waals surface area (Å²) in [6.07, 6.45) is 2.90. The van der Waals surface area contributed by atoms with Crippen molar-refractivity contribution in [2.75, 3.05) is 12.4 Å². The van der Waals surface area contributed by atoms with E-state index < -0.39 is 0 Å². The molecule has 3 aromatic heterocycles. The van der Waals surface area contributed by atoms with Crippen LogP contribution >= 0.6 is 11.6 Å². The Kier molecular flexibility index (Phi) is 7.12. The van der Waals surface area contributed by atoms with E-state index in [9.17, 15) is 4.79 Å². The minimum absolute atomic E-state index is 0.0121. The Hall–Kier alpha value is -4.17. The van der Waals surface area contributed by atoms with Gasteiger partial charge >= 0.3 is 0 Å². The van der Waals surface area contributed by atoms with Gasteiger partial charge in [0.25, 0.3) is 5.91 Å². The van der Waals surface area contributed by atoms with E-state index in [1.165, 1.54) is 6.20 Å². The number of aromatic nitrogens is 4. The van der Waals surface area contributed by atoms with Crippen LogP contribution in [0.3, 0.4) is 0 Å². The molecule has 0 aliphatic rings. The molecule has 0 aliphatic carbocycles. The molecule has 3 heterocycles. The van der Waals surface area contributed by atoms with E-state index in [2.05, 4.69) is 27.5 Å². The Morgan fingerprint density at radius 3 is 2.60 bits per heavy atom. The lowest BCUT2D eigenvalue weighted by molar-refractivity contribution is -0.115. The first-order chi connectivity index (χ1) is 16.9. The molecule has 4 rings (SSSR count). The number of pyridine rings is 2. The summed E-state index contributed by atoms with van der Waals surface area (Å²) < 4.78 is 1.77. The predicted molar refractivity (Wildman–Crippen MR) is 139 cm³/mol. The van der Waals surface area contributed by atoms with Gasteiger partial charge in [-0.25, -0.2) is 9.67 Å². The number of hydrogen-bond acceptors (Lipinski definition) is 6. The summed E-state index contributed by atoms with van der Waals surface area (Å²) in [5.41, 5.74) is 10.00. The number of likely N-dealkylation sites (N-methyl/N-ethyl adjacent to an activating group) is 1. The zero-order valence-electron chi connectivity index (χ0n) is 19.7. The van der Waals surface area contributed by atoms with Gasteiger partial charge in [0.2, 0.25) is 0 Å². The molecule has 0 aliphatic heterocycles. The van der Waals surface area contributed by atoms with E-state index in [1.54, 1.807) is 17.9 Å². The second kappa shape index (κ2) is 10.4. The molecule has 1 unspecified atom stereocenters. The van der Waals surface area contributed by atoms with Crippen molar-refractivity contribution in [1.29, 1.82) is 0 Å². The van der Waals surface area contributed by atoms with Crippen LogP contribution in [0.15, 0.2) is 73.1 Å². The van der Waals surface area contributed by atoms with E-state index in [1.807, 2.05) is 67.6 Å². The number of amides is 1. The molecule has 0 fully saturated rings. The van der Waals surface area contributed by atoms with Crippen molar-refractivity contribution in [3.8, 4) is 17.1 Å². The third-order valence-electron chi connectivity index (χ3n) is 5.50. The SMILES string of the molecule is CNC(=O)C(=CN)c1cc(-c2cc(NC(C)c3ccc(Cl)cc3)nn2-c2cccc(C)n2)ccn1. The molecule has 0 bridgehead atoms. The maximum atomic E-state index is 12.3. The standard InChI is InChI=1S/C26H26ClN7O/c1-16-5-4-6-25(31-16)34-23(19-11-12-30-22(13-19)21(15-28)26(35)29-3)14-24(33-34)32-17(2)18-7-9-20(27)10-8-18/h4-15,17H,28H2,1-3H3,(H,29,35)(H,32,33). The van der Waals surface area contributed by atoms with Gasteiger partial charge in [0, 0.05) is 41.8 Å². The number of aryl methyl sites for hydroxylation is 1. The molecule has 4 N–H and O–H groups in total. The minimum atomic E-state index is -0.315. The van der Waals surface area contributed by atoms with Gasteiger partial charge in [0.1, 0.15) is 5.82 Å². The first-order valence-electron chi connectivity index (χ1n) is 11.1. The zero-order chi connectivity index (χ0) is 24.9. The van der Waals surface area contributed by atoms with Gasteiger partial charge in [-0.1, -0.05) is 29.8 Å². The van der Waals surface area contributed by atoms with Crippen molar-refractivity contribution in [2.45, 2.75) is 19.9 Å². The lowest BCUT2D eigenvalue weighted by Crippen LogP contribution is -2.20. The van der Waals surface area contributed by atoms with Crippen molar-refractivity contribution in [2.24, 2.45) is 5.73 Å². The van der Waals surface area contributed by atoms with Crippen molar-refractivity contribution < 1.29 is 4.79 Å². The molecule has 4 aromatic rings. The van der Waals surface area contributed by atoms with Crippen molar-refractivity contribution in [3.63, 3.8) is 0 Å². The summed E-state index contributed by atoms with van der Waals surface area (Å²) in [7, 11) is 1.55. The predicted octanol–water partition coefficient (Wildman–Crippen LogP) is 4.51. The van der Waals surface area contributed by atoms with Crippen LogP contribution in [0.2, 0.25) is 5.02 Å². The average molecular weight is 488 g/mol. The van der Waals surface area contributed by atoms with E-state index in [0.29, 0.717) is 22.4 Å². The lowest BCUT2D eigenvalue weighted by atomic mass is 10.1. The second-order valence-corrected chi connectivity index (χ2v) is 8.41. The number of carbonyl (C=O) groups excluding carboxylic acids is 1. The molecular weight excluding hydrogens is 462 g/mol. The quantitative estimate of drug-likeness (QED) is 0.331. The highest BCUT2D eigenvalue weighted by atomic mass is 35.5. The Balaban J connectivity index is 1.77. The maximum Gasteiger partial charge on any atom is 0.254 e. The fraction of sp³-hybridized carbons (Fsp3) is 0.154. The molecule has 0 saturated carbocycles. The molecule has 0 spiro atoms. The van der Waals surface area contributed by atoms with Gasteiger partial charge in [-0.3, -0.25) is 9.78 Å². The van der Waals surface area contributed by atoms with Crippen LogP contribution in [-0.2, 0) is 4.79 Å². The number of nitrogens with one attached hydrogen (secondary N) is 2. The number of anilines is 1. The highest BCUT2D eigenvalue weighted by Crippen LogP contribution is 2.29. The number of carbonyl (C=O) groups is 1. The van der Waals surface area contributed by atoms with Crippen LogP contribution in [-0.4, -0.2) is 32.7 Å². The fourth-order valence-electron chi connectivity index (χ4n) is 3.68. The van der Waals surface area contributed by atoms with Crippen LogP contribution < -0.4 is 16.4 Å². The summed E-state index contributed by atoms with van der Waals surface area (Å²) in [5, 5.41) is 11.5. The molecule has 1 amide bonds. The summed E-state index contributed by atoms with van der Waals surface area (Å²) >= 11 is 6.04. The maximum absolute atomic E-state index is 12.3. The van der Waals surface area contributed by atoms with Crippen LogP contribution in [0.5, 0.6) is 0 Å². The first kappa shape index (κ1) is 24.0. The Labute approximate surface area is 208 Å². The van der Waals surface area contributed by atoms with Crippen molar-refractivity contribution in [1.82, 2.24) is 25.1 Å². The second-order valence-electron chi connectivity index (χ2n) is 7.97. The molecular formula is C26H26ClN7O. The summed E-state index contributed by atoms with van der Waals surface area (Å²) in [6.45, 7) is 3.99. The molecule has 1 atom stereocenters. The van der Waals surface area contributed by atoms with E-state index in [-0.39, 0.29) is 17.5 Å². The number of benzene rings is 1. The molecule has 178 valence electrons. The van der Waals surface area contributed by atoms with E-state index in [4.69, 9.17) is 22.4 Å². The average Bonchev–Trinajstić information content (AvgIpc) is 3.28. The third-order valence-corrected chi connectivity index (χ3v) is 5.76. The lowest BCUT2D eigenvalue weighted by Gasteiger charge is -2.13. The molecule has 9 heteroatoms. The summed E-state index contributed by atoms with van der Waals surface area (Å²) in [5.74, 6) is 1.03. The van der Waals surface area contributed by atoms with Gasteiger partial charge in [-0.15, -0.1) is 5.10 Å². The first-order valence-corrected chi connectivity index (χ1v) is 11.4.